The third-order valence-corrected chi connectivity index (χ3v) is 3.84. The number of hydrogen-bond donors (Lipinski definition) is 0. The van der Waals surface area contributed by atoms with Crippen molar-refractivity contribution >= 4 is 25.8 Å². The molecule has 0 fully saturated rings. The van der Waals surface area contributed by atoms with Gasteiger partial charge < -0.3 is 0 Å². The van der Waals surface area contributed by atoms with Crippen molar-refractivity contribution in [3.8, 4) is 0 Å². The lowest BCUT2D eigenvalue weighted by Crippen LogP contribution is -2.50. The van der Waals surface area contributed by atoms with E-state index >= 15 is 0 Å². The van der Waals surface area contributed by atoms with Gasteiger partial charge in [-0.05, 0) is 12.1 Å². The molecule has 1 aromatic carbocycles. The number of rotatable bonds is 2. The predicted octanol–water partition coefficient (Wildman–Crippen LogP) is 3.94. The molecule has 0 bridgehead atoms. The van der Waals surface area contributed by atoms with E-state index in [1.54, 1.807) is 0 Å². The largest absolute Gasteiger partial charge is 0.435 e. The van der Waals surface area contributed by atoms with Crippen molar-refractivity contribution in [3.63, 3.8) is 0 Å². The summed E-state index contributed by atoms with van der Waals surface area (Å²) >= 11 is 2.51. The van der Waals surface area contributed by atoms with Gasteiger partial charge in [-0.2, -0.15) is 26.3 Å². The molecule has 0 saturated carbocycles. The first-order valence-electron chi connectivity index (χ1n) is 4.86. The highest BCUT2D eigenvalue weighted by Gasteiger charge is 2.73. The van der Waals surface area contributed by atoms with Gasteiger partial charge in [0.25, 0.3) is 0 Å². The molecule has 0 aromatic heterocycles. The van der Waals surface area contributed by atoms with E-state index in [0.717, 1.165) is 0 Å². The maximum Gasteiger partial charge on any atom is 0.435 e. The highest BCUT2D eigenvalue weighted by Crippen LogP contribution is 2.53. The van der Waals surface area contributed by atoms with Gasteiger partial charge in [0.15, 0.2) is 9.84 Å². The summed E-state index contributed by atoms with van der Waals surface area (Å²) in [6, 6.07) is 2.13. The van der Waals surface area contributed by atoms with Crippen molar-refractivity contribution in [2.24, 2.45) is 0 Å². The van der Waals surface area contributed by atoms with Crippen LogP contribution in [0.5, 0.6) is 0 Å². The smallest absolute Gasteiger partial charge is 0.224 e. The summed E-state index contributed by atoms with van der Waals surface area (Å²) in [6.07, 6.45) is -12.1. The van der Waals surface area contributed by atoms with Crippen molar-refractivity contribution in [3.05, 3.63) is 28.2 Å². The van der Waals surface area contributed by atoms with Crippen molar-refractivity contribution in [1.29, 1.82) is 0 Å². The van der Waals surface area contributed by atoms with E-state index in [9.17, 15) is 39.2 Å². The maximum atomic E-state index is 13.8. The van der Waals surface area contributed by atoms with Crippen LogP contribution < -0.4 is 0 Å². The van der Waals surface area contributed by atoms with Crippen LogP contribution in [0.1, 0.15) is 5.56 Å². The average molecular weight is 402 g/mol. The minimum Gasteiger partial charge on any atom is -0.224 e. The van der Waals surface area contributed by atoms with E-state index in [0.29, 0.717) is 6.26 Å². The molecule has 119 valence electrons. The molecule has 0 N–H and O–H groups in total. The Hall–Kier alpha value is -0.840. The maximum absolute atomic E-state index is 13.8. The first-order valence-corrected chi connectivity index (χ1v) is 7.55. The fourth-order valence-corrected chi connectivity index (χ4v) is 2.62. The van der Waals surface area contributed by atoms with Gasteiger partial charge in [-0.25, -0.2) is 12.8 Å². The molecule has 0 unspecified atom stereocenters. The molecule has 11 heteroatoms. The summed E-state index contributed by atoms with van der Waals surface area (Å²) in [6.45, 7) is 0. The van der Waals surface area contributed by atoms with E-state index in [1.165, 1.54) is 0 Å². The van der Waals surface area contributed by atoms with E-state index in [2.05, 4.69) is 15.9 Å². The second-order valence-electron chi connectivity index (χ2n) is 4.01. The highest BCUT2D eigenvalue weighted by atomic mass is 79.9. The summed E-state index contributed by atoms with van der Waals surface area (Å²) in [4.78, 5) is -0.998. The molecule has 2 nitrogen and oxygen atoms in total. The third-order valence-electron chi connectivity index (χ3n) is 2.39. The SMILES string of the molecule is CS(=O)(=O)c1[c]c(Br)cc(C(F)(C(F)(F)F)C(F)(F)F)c1. The third kappa shape index (κ3) is 3.33. The highest BCUT2D eigenvalue weighted by molar-refractivity contribution is 9.10. The Morgan fingerprint density at radius 1 is 1.00 bits per heavy atom. The zero-order valence-corrected chi connectivity index (χ0v) is 12.3. The monoisotopic (exact) mass is 401 g/mol. The molecule has 1 radical (unpaired) electrons. The Kier molecular flexibility index (Phi) is 4.43. The molecular weight excluding hydrogens is 397 g/mol. The molecule has 0 aliphatic rings. The van der Waals surface area contributed by atoms with Crippen LogP contribution in [-0.2, 0) is 15.5 Å². The Morgan fingerprint density at radius 3 is 1.76 bits per heavy atom. The first-order chi connectivity index (χ1) is 9.10. The molecule has 0 saturated heterocycles. The van der Waals surface area contributed by atoms with Crippen molar-refractivity contribution in [2.45, 2.75) is 22.9 Å². The van der Waals surface area contributed by atoms with Crippen molar-refractivity contribution < 1.29 is 39.2 Å². The lowest BCUT2D eigenvalue weighted by atomic mass is 9.94. The molecule has 0 atom stereocenters. The standard InChI is InChI=1S/C10H5BrF7O2S/c1-21(19,20)7-3-5(2-6(11)4-7)8(12,9(13,14)15)10(16,17)18/h2-3H,1H3. The fourth-order valence-electron chi connectivity index (χ4n) is 1.40. The number of benzene rings is 1. The normalized spacial score (nSPS) is 14.3. The van der Waals surface area contributed by atoms with Crippen LogP contribution in [0.25, 0.3) is 0 Å². The van der Waals surface area contributed by atoms with Crippen LogP contribution in [-0.4, -0.2) is 27.0 Å². The average Bonchev–Trinajstić information content (AvgIpc) is 2.22. The molecule has 21 heavy (non-hydrogen) atoms. The zero-order chi connectivity index (χ0) is 16.9. The van der Waals surface area contributed by atoms with Gasteiger partial charge in [0.1, 0.15) is 0 Å². The van der Waals surface area contributed by atoms with Crippen LogP contribution in [0.15, 0.2) is 21.5 Å². The number of hydrogen-bond acceptors (Lipinski definition) is 2. The number of sulfone groups is 1. The van der Waals surface area contributed by atoms with Crippen LogP contribution in [0.3, 0.4) is 0 Å². The van der Waals surface area contributed by atoms with E-state index in [1.807, 2.05) is 6.07 Å². The zero-order valence-electron chi connectivity index (χ0n) is 9.90. The van der Waals surface area contributed by atoms with Crippen molar-refractivity contribution in [2.75, 3.05) is 6.26 Å². The summed E-state index contributed by atoms with van der Waals surface area (Å²) < 4.78 is 111. The second-order valence-corrected chi connectivity index (χ2v) is 6.85. The lowest BCUT2D eigenvalue weighted by Gasteiger charge is -2.30. The lowest BCUT2D eigenvalue weighted by molar-refractivity contribution is -0.348. The fraction of sp³-hybridized carbons (Fsp3) is 0.400. The minimum absolute atomic E-state index is 0.0406. The molecule has 1 rings (SSSR count). The second kappa shape index (κ2) is 5.11. The molecule has 0 aliphatic carbocycles. The number of halogens is 8. The van der Waals surface area contributed by atoms with Crippen molar-refractivity contribution in [1.82, 2.24) is 0 Å². The molecule has 1 aromatic rings. The van der Waals surface area contributed by atoms with Gasteiger partial charge >= 0.3 is 18.0 Å². The Bertz CT molecular complexity index is 634. The quantitative estimate of drug-likeness (QED) is 0.703. The summed E-state index contributed by atoms with van der Waals surface area (Å²) in [5.74, 6) is 0. The van der Waals surface area contributed by atoms with Gasteiger partial charge in [0.2, 0.25) is 0 Å². The Balaban J connectivity index is 3.74. The summed E-state index contributed by atoms with van der Waals surface area (Å²) in [5.41, 5.74) is -7.59. The molecule has 0 heterocycles. The molecular formula is C10H5BrF7O2S. The van der Waals surface area contributed by atoms with Crippen LogP contribution in [0.4, 0.5) is 30.7 Å². The molecule has 0 aliphatic heterocycles. The Morgan fingerprint density at radius 2 is 1.43 bits per heavy atom. The van der Waals surface area contributed by atoms with E-state index in [-0.39, 0.29) is 12.1 Å². The minimum atomic E-state index is -6.32. The van der Waals surface area contributed by atoms with Gasteiger partial charge in [0.05, 0.1) is 4.90 Å². The van der Waals surface area contributed by atoms with Gasteiger partial charge in [0, 0.05) is 22.4 Å². The van der Waals surface area contributed by atoms with Crippen LogP contribution >= 0.6 is 15.9 Å². The van der Waals surface area contributed by atoms with Gasteiger partial charge in [-0.15, -0.1) is 0 Å². The molecule has 0 spiro atoms. The van der Waals surface area contributed by atoms with Gasteiger partial charge in [-0.3, -0.25) is 0 Å². The molecule has 0 amide bonds. The predicted molar refractivity (Wildman–Crippen MR) is 61.0 cm³/mol. The topological polar surface area (TPSA) is 34.1 Å². The van der Waals surface area contributed by atoms with Gasteiger partial charge in [-0.1, -0.05) is 15.9 Å². The van der Waals surface area contributed by atoms with Crippen LogP contribution in [0.2, 0.25) is 0 Å². The Labute approximate surface area is 123 Å². The summed E-state index contributed by atoms with van der Waals surface area (Å²) in [5, 5.41) is 0. The van der Waals surface area contributed by atoms with Crippen LogP contribution in [0, 0.1) is 6.07 Å². The van der Waals surface area contributed by atoms with E-state index in [4.69, 9.17) is 0 Å². The van der Waals surface area contributed by atoms with E-state index < -0.39 is 42.8 Å². The number of alkyl halides is 7. The first kappa shape index (κ1) is 18.2. The summed E-state index contributed by atoms with van der Waals surface area (Å²) in [7, 11) is -4.19.